The number of imide groups is 1. The lowest BCUT2D eigenvalue weighted by atomic mass is 9.89. The number of halogens is 1. The average Bonchev–Trinajstić information content (AvgIpc) is 3.95. The molecule has 0 radical (unpaired) electrons. The molecule has 4 aromatic heterocycles. The number of piperidine rings is 2. The summed E-state index contributed by atoms with van der Waals surface area (Å²) >= 11 is 0. The first-order valence-corrected chi connectivity index (χ1v) is 20.9. The number of imidazole rings is 1. The maximum Gasteiger partial charge on any atom is 0.329 e. The SMILES string of the molecule is CC(C)Oc1c(-c2cn[nH]c2)ncn2nc(Nc3ccc(S(=O)(=O)N(C)CCCN4CCC(c5ccc6c(c5)n(C)c(=O)n6C5CCC(=O)NC5=O)CC4)cc3F)nc12. The molecule has 2 fully saturated rings. The molecule has 0 saturated carbocycles. The van der Waals surface area contributed by atoms with Gasteiger partial charge < -0.3 is 15.0 Å². The van der Waals surface area contributed by atoms with E-state index in [9.17, 15) is 22.8 Å². The molecule has 18 nitrogen and oxygen atoms in total. The highest BCUT2D eigenvalue weighted by Crippen LogP contribution is 2.34. The molecule has 6 aromatic rings. The Morgan fingerprint density at radius 2 is 1.86 bits per heavy atom. The van der Waals surface area contributed by atoms with Crippen LogP contribution in [-0.4, -0.2) is 108 Å². The standard InChI is InChI=1S/C39H45FN12O6S/c1-23(2)58-35-34(26-20-42-43-21-26)41-22-51-36(35)46-38(47-51)44-29-8-7-27(19-28(29)40)59(56,57)48(3)14-5-15-50-16-12-24(13-17-50)25-6-9-30-32(18-25)49(4)39(55)52(30)31-10-11-33(53)45-37(31)54/h6-9,18-24,31H,5,10-17H2,1-4H3,(H,42,43)(H,44,47)(H,45,53,54). The van der Waals surface area contributed by atoms with Crippen molar-refractivity contribution in [1.29, 1.82) is 0 Å². The number of carbonyl (C=O) groups is 2. The summed E-state index contributed by atoms with van der Waals surface area (Å²) in [6.07, 6.45) is 7.39. The van der Waals surface area contributed by atoms with Crippen LogP contribution in [0, 0.1) is 5.82 Å². The van der Waals surface area contributed by atoms with Gasteiger partial charge in [-0.05, 0) is 101 Å². The topological polar surface area (TPSA) is 207 Å². The van der Waals surface area contributed by atoms with Crippen molar-refractivity contribution in [2.75, 3.05) is 38.5 Å². The van der Waals surface area contributed by atoms with Gasteiger partial charge in [0, 0.05) is 38.8 Å². The molecule has 310 valence electrons. The zero-order valence-corrected chi connectivity index (χ0v) is 33.9. The zero-order valence-electron chi connectivity index (χ0n) is 33.1. The second-order valence-corrected chi connectivity index (χ2v) is 17.3. The van der Waals surface area contributed by atoms with E-state index >= 15 is 4.39 Å². The summed E-state index contributed by atoms with van der Waals surface area (Å²) in [5.74, 6) is -0.856. The number of nitrogens with one attached hydrogen (secondary N) is 3. The highest BCUT2D eigenvalue weighted by molar-refractivity contribution is 7.89. The molecule has 2 aromatic carbocycles. The molecule has 2 aliphatic heterocycles. The number of aromatic amines is 1. The number of likely N-dealkylation sites (tertiary alicyclic amines) is 1. The number of anilines is 2. The number of amides is 2. The number of ether oxygens (including phenoxy) is 1. The summed E-state index contributed by atoms with van der Waals surface area (Å²) in [7, 11) is -0.798. The second-order valence-electron chi connectivity index (χ2n) is 15.3. The Balaban J connectivity index is 0.859. The number of aromatic nitrogens is 8. The van der Waals surface area contributed by atoms with Gasteiger partial charge in [-0.3, -0.25) is 29.1 Å². The molecule has 0 bridgehead atoms. The number of hydrogen-bond acceptors (Lipinski definition) is 12. The minimum Gasteiger partial charge on any atom is -0.485 e. The van der Waals surface area contributed by atoms with Crippen molar-refractivity contribution in [3.63, 3.8) is 0 Å². The van der Waals surface area contributed by atoms with E-state index in [-0.39, 0.29) is 59.5 Å². The van der Waals surface area contributed by atoms with Crippen LogP contribution < -0.4 is 21.1 Å². The fraction of sp³-hybridized carbons (Fsp3) is 0.410. The number of nitrogens with zero attached hydrogens (tertiary/aromatic N) is 9. The zero-order chi connectivity index (χ0) is 41.6. The fourth-order valence-corrected chi connectivity index (χ4v) is 9.09. The van der Waals surface area contributed by atoms with Gasteiger partial charge in [-0.15, -0.1) is 5.10 Å². The Hall–Kier alpha value is -5.99. The molecule has 2 saturated heterocycles. The first-order chi connectivity index (χ1) is 28.3. The molecule has 20 heteroatoms. The van der Waals surface area contributed by atoms with Crippen molar-refractivity contribution in [3.8, 4) is 17.0 Å². The van der Waals surface area contributed by atoms with Crippen LogP contribution in [0.4, 0.5) is 16.0 Å². The van der Waals surface area contributed by atoms with E-state index in [0.717, 1.165) is 43.1 Å². The Morgan fingerprint density at radius 1 is 1.07 bits per heavy atom. The smallest absolute Gasteiger partial charge is 0.329 e. The van der Waals surface area contributed by atoms with Gasteiger partial charge in [0.05, 0.1) is 33.9 Å². The lowest BCUT2D eigenvalue weighted by Crippen LogP contribution is -2.44. The third-order valence-corrected chi connectivity index (χ3v) is 12.9. The third-order valence-electron chi connectivity index (χ3n) is 11.0. The molecule has 59 heavy (non-hydrogen) atoms. The van der Waals surface area contributed by atoms with Gasteiger partial charge >= 0.3 is 5.69 Å². The van der Waals surface area contributed by atoms with Gasteiger partial charge in [0.2, 0.25) is 33.4 Å². The molecule has 2 aliphatic rings. The first-order valence-electron chi connectivity index (χ1n) is 19.5. The van der Waals surface area contributed by atoms with Crippen molar-refractivity contribution < 1.29 is 27.1 Å². The molecule has 1 unspecified atom stereocenters. The monoisotopic (exact) mass is 828 g/mol. The molecule has 8 rings (SSSR count). The molecular formula is C39H45FN12O6S. The van der Waals surface area contributed by atoms with E-state index in [0.29, 0.717) is 41.1 Å². The number of fused-ring (bicyclic) bond motifs is 2. The average molecular weight is 829 g/mol. The molecule has 2 amide bonds. The Labute approximate surface area is 338 Å². The largest absolute Gasteiger partial charge is 0.485 e. The quantitative estimate of drug-likeness (QED) is 0.143. The first kappa shape index (κ1) is 39.8. The van der Waals surface area contributed by atoms with Crippen LogP contribution in [0.2, 0.25) is 0 Å². The Bertz CT molecular complexity index is 2720. The summed E-state index contributed by atoms with van der Waals surface area (Å²) in [5, 5.41) is 16.3. The molecule has 1 atom stereocenters. The highest BCUT2D eigenvalue weighted by Gasteiger charge is 2.32. The van der Waals surface area contributed by atoms with Gasteiger partial charge in [-0.2, -0.15) is 14.6 Å². The number of aryl methyl sites for hydroxylation is 1. The van der Waals surface area contributed by atoms with E-state index in [1.165, 1.54) is 38.9 Å². The van der Waals surface area contributed by atoms with Crippen molar-refractivity contribution in [2.45, 2.75) is 68.9 Å². The van der Waals surface area contributed by atoms with E-state index in [1.807, 2.05) is 32.0 Å². The lowest BCUT2D eigenvalue weighted by Gasteiger charge is -2.32. The van der Waals surface area contributed by atoms with Gasteiger partial charge in [0.15, 0.2) is 5.75 Å². The maximum atomic E-state index is 15.5. The van der Waals surface area contributed by atoms with Crippen molar-refractivity contribution in [3.05, 3.63) is 77.0 Å². The number of benzene rings is 2. The Morgan fingerprint density at radius 3 is 2.58 bits per heavy atom. The highest BCUT2D eigenvalue weighted by atomic mass is 32.2. The van der Waals surface area contributed by atoms with Crippen LogP contribution in [0.1, 0.15) is 63.5 Å². The van der Waals surface area contributed by atoms with Gasteiger partial charge in [-0.25, -0.2) is 26.9 Å². The number of sulfonamides is 1. The van der Waals surface area contributed by atoms with E-state index in [4.69, 9.17) is 4.74 Å². The molecule has 6 heterocycles. The molecule has 3 N–H and O–H groups in total. The van der Waals surface area contributed by atoms with Crippen LogP contribution in [-0.2, 0) is 26.7 Å². The third kappa shape index (κ3) is 7.82. The van der Waals surface area contributed by atoms with Crippen LogP contribution in [0.5, 0.6) is 5.75 Å². The number of carbonyl (C=O) groups excluding carboxylic acids is 2. The number of rotatable bonds is 13. The Kier molecular flexibility index (Phi) is 10.8. The summed E-state index contributed by atoms with van der Waals surface area (Å²) < 4.78 is 54.1. The summed E-state index contributed by atoms with van der Waals surface area (Å²) in [6.45, 7) is 6.34. The minimum atomic E-state index is -3.98. The van der Waals surface area contributed by atoms with Crippen LogP contribution in [0.3, 0.4) is 0 Å². The minimum absolute atomic E-state index is 0.00477. The van der Waals surface area contributed by atoms with Crippen LogP contribution in [0.25, 0.3) is 27.9 Å². The van der Waals surface area contributed by atoms with E-state index in [2.05, 4.69) is 40.8 Å². The van der Waals surface area contributed by atoms with E-state index in [1.54, 1.807) is 24.0 Å². The normalized spacial score (nSPS) is 17.1. The molecule has 0 spiro atoms. The molecule has 0 aliphatic carbocycles. The number of hydrogen-bond donors (Lipinski definition) is 3. The lowest BCUT2D eigenvalue weighted by molar-refractivity contribution is -0.135. The van der Waals surface area contributed by atoms with Gasteiger partial charge in [-0.1, -0.05) is 6.07 Å². The fourth-order valence-electron chi connectivity index (χ4n) is 7.87. The summed E-state index contributed by atoms with van der Waals surface area (Å²) in [6, 6.07) is 8.88. The number of H-pyrrole nitrogens is 1. The van der Waals surface area contributed by atoms with Crippen molar-refractivity contribution in [2.24, 2.45) is 7.05 Å². The molecular weight excluding hydrogens is 784 g/mol. The van der Waals surface area contributed by atoms with Gasteiger partial charge in [0.1, 0.15) is 23.9 Å². The van der Waals surface area contributed by atoms with Crippen molar-refractivity contribution >= 4 is 50.2 Å². The van der Waals surface area contributed by atoms with Crippen LogP contribution in [0.15, 0.2) is 64.8 Å². The predicted molar refractivity (Wildman–Crippen MR) is 215 cm³/mol. The summed E-state index contributed by atoms with van der Waals surface area (Å²) in [5.41, 5.74) is 3.77. The van der Waals surface area contributed by atoms with Crippen molar-refractivity contribution in [1.82, 2.24) is 53.4 Å². The predicted octanol–water partition coefficient (Wildman–Crippen LogP) is 3.71. The second kappa shape index (κ2) is 16.0. The van der Waals surface area contributed by atoms with Crippen LogP contribution >= 0.6 is 0 Å². The van der Waals surface area contributed by atoms with Gasteiger partial charge in [0.25, 0.3) is 0 Å². The van der Waals surface area contributed by atoms with E-state index < -0.39 is 27.8 Å². The maximum absolute atomic E-state index is 15.5. The summed E-state index contributed by atoms with van der Waals surface area (Å²) in [4.78, 5) is 48.6.